The maximum atomic E-state index is 5.63. The molecule has 2 saturated heterocycles. The summed E-state index contributed by atoms with van der Waals surface area (Å²) in [7, 11) is 1.65. The van der Waals surface area contributed by atoms with Crippen LogP contribution in [0.4, 0.5) is 5.69 Å². The van der Waals surface area contributed by atoms with Crippen LogP contribution in [0.3, 0.4) is 0 Å². The van der Waals surface area contributed by atoms with Crippen LogP contribution < -0.4 is 9.64 Å². The number of aryl methyl sites for hydroxylation is 1. The Hall–Kier alpha value is -2.04. The lowest BCUT2D eigenvalue weighted by Crippen LogP contribution is -2.54. The quantitative estimate of drug-likeness (QED) is 0.661. The molecule has 2 unspecified atom stereocenters. The summed E-state index contributed by atoms with van der Waals surface area (Å²) in [5.74, 6) is 0.888. The number of fused-ring (bicyclic) bond motifs is 2. The Balaban J connectivity index is 1.33. The number of benzene rings is 2. The highest BCUT2D eigenvalue weighted by atomic mass is 16.7. The van der Waals surface area contributed by atoms with Crippen LogP contribution >= 0.6 is 0 Å². The third-order valence-corrected chi connectivity index (χ3v) is 5.80. The number of methoxy groups -OCH3 is 1. The SMILES string of the molecule is COCOc1cccc(N2C3CCC2CN(CCCc2ccccc2)C3)c1. The molecular weight excluding hydrogens is 336 g/mol. The van der Waals surface area contributed by atoms with Crippen molar-refractivity contribution in [3.8, 4) is 5.75 Å². The molecular formula is C23H30N2O2. The zero-order valence-electron chi connectivity index (χ0n) is 16.2. The van der Waals surface area contributed by atoms with Gasteiger partial charge in [0.15, 0.2) is 6.79 Å². The van der Waals surface area contributed by atoms with Crippen molar-refractivity contribution in [2.45, 2.75) is 37.8 Å². The predicted molar refractivity (Wildman–Crippen MR) is 109 cm³/mol. The molecule has 2 fully saturated rings. The van der Waals surface area contributed by atoms with Gasteiger partial charge in [-0.1, -0.05) is 36.4 Å². The van der Waals surface area contributed by atoms with Crippen molar-refractivity contribution in [3.63, 3.8) is 0 Å². The standard InChI is InChI=1S/C23H30N2O2/c1-26-18-27-23-11-5-10-20(15-23)25-21-12-13-22(25)17-24(16-21)14-6-9-19-7-3-2-4-8-19/h2-5,7-8,10-11,15,21-22H,6,9,12-14,16-18H2,1H3. The number of ether oxygens (including phenoxy) is 2. The van der Waals surface area contributed by atoms with Crippen molar-refractivity contribution in [2.24, 2.45) is 0 Å². The lowest BCUT2D eigenvalue weighted by atomic mass is 10.1. The van der Waals surface area contributed by atoms with Crippen LogP contribution in [0.15, 0.2) is 54.6 Å². The Morgan fingerprint density at radius 2 is 1.74 bits per heavy atom. The summed E-state index contributed by atoms with van der Waals surface area (Å²) < 4.78 is 10.7. The summed E-state index contributed by atoms with van der Waals surface area (Å²) >= 11 is 0. The molecule has 2 aliphatic heterocycles. The van der Waals surface area contributed by atoms with Gasteiger partial charge in [0, 0.05) is 44.0 Å². The fraction of sp³-hybridized carbons (Fsp3) is 0.478. The highest BCUT2D eigenvalue weighted by Gasteiger charge is 2.39. The summed E-state index contributed by atoms with van der Waals surface area (Å²) in [4.78, 5) is 5.31. The maximum absolute atomic E-state index is 5.63. The highest BCUT2D eigenvalue weighted by Crippen LogP contribution is 2.36. The van der Waals surface area contributed by atoms with E-state index in [0.717, 1.165) is 5.75 Å². The first-order valence-corrected chi connectivity index (χ1v) is 10.1. The number of nitrogens with zero attached hydrogens (tertiary/aromatic N) is 2. The van der Waals surface area contributed by atoms with Crippen LogP contribution in [0.2, 0.25) is 0 Å². The Labute approximate surface area is 162 Å². The molecule has 0 saturated carbocycles. The Morgan fingerprint density at radius 1 is 0.963 bits per heavy atom. The third-order valence-electron chi connectivity index (χ3n) is 5.80. The minimum absolute atomic E-state index is 0.297. The topological polar surface area (TPSA) is 24.9 Å². The fourth-order valence-corrected chi connectivity index (χ4v) is 4.61. The van der Waals surface area contributed by atoms with Crippen LogP contribution in [-0.4, -0.2) is 50.5 Å². The van der Waals surface area contributed by atoms with Crippen LogP contribution in [0.25, 0.3) is 0 Å². The molecule has 2 bridgehead atoms. The first kappa shape index (κ1) is 18.3. The number of hydrogen-bond acceptors (Lipinski definition) is 4. The maximum Gasteiger partial charge on any atom is 0.188 e. The van der Waals surface area contributed by atoms with E-state index in [1.807, 2.05) is 6.07 Å². The minimum atomic E-state index is 0.297. The fourth-order valence-electron chi connectivity index (χ4n) is 4.61. The van der Waals surface area contributed by atoms with E-state index >= 15 is 0 Å². The first-order chi connectivity index (χ1) is 13.3. The molecule has 0 amide bonds. The van der Waals surface area contributed by atoms with Crippen LogP contribution in [0.1, 0.15) is 24.8 Å². The van der Waals surface area contributed by atoms with Gasteiger partial charge in [0.25, 0.3) is 0 Å². The lowest BCUT2D eigenvalue weighted by molar-refractivity contribution is 0.0511. The monoisotopic (exact) mass is 366 g/mol. The average Bonchev–Trinajstić information content (AvgIpc) is 2.98. The molecule has 144 valence electrons. The van der Waals surface area contributed by atoms with E-state index in [1.165, 1.54) is 56.6 Å². The van der Waals surface area contributed by atoms with Crippen molar-refractivity contribution in [2.75, 3.05) is 38.4 Å². The number of hydrogen-bond donors (Lipinski definition) is 0. The second-order valence-corrected chi connectivity index (χ2v) is 7.69. The van der Waals surface area contributed by atoms with Gasteiger partial charge >= 0.3 is 0 Å². The molecule has 4 rings (SSSR count). The van der Waals surface area contributed by atoms with E-state index in [-0.39, 0.29) is 0 Å². The molecule has 2 aromatic carbocycles. The normalized spacial score (nSPS) is 22.2. The zero-order chi connectivity index (χ0) is 18.5. The van der Waals surface area contributed by atoms with Gasteiger partial charge in [0.2, 0.25) is 0 Å². The number of anilines is 1. The molecule has 27 heavy (non-hydrogen) atoms. The van der Waals surface area contributed by atoms with Crippen molar-refractivity contribution in [1.82, 2.24) is 4.90 Å². The van der Waals surface area contributed by atoms with E-state index in [9.17, 15) is 0 Å². The van der Waals surface area contributed by atoms with E-state index in [4.69, 9.17) is 9.47 Å². The van der Waals surface area contributed by atoms with E-state index < -0.39 is 0 Å². The summed E-state index contributed by atoms with van der Waals surface area (Å²) in [6.45, 7) is 3.85. The summed E-state index contributed by atoms with van der Waals surface area (Å²) in [6.07, 6.45) is 5.01. The van der Waals surface area contributed by atoms with Gasteiger partial charge in [0.05, 0.1) is 0 Å². The molecule has 2 atom stereocenters. The number of piperazine rings is 1. The Bertz CT molecular complexity index is 707. The van der Waals surface area contributed by atoms with Gasteiger partial charge in [-0.05, 0) is 49.9 Å². The van der Waals surface area contributed by atoms with Crippen LogP contribution in [-0.2, 0) is 11.2 Å². The van der Waals surface area contributed by atoms with E-state index in [0.29, 0.717) is 18.9 Å². The third kappa shape index (κ3) is 4.45. The van der Waals surface area contributed by atoms with Crippen molar-refractivity contribution in [1.29, 1.82) is 0 Å². The zero-order valence-corrected chi connectivity index (χ0v) is 16.2. The second-order valence-electron chi connectivity index (χ2n) is 7.69. The van der Waals surface area contributed by atoms with Crippen molar-refractivity contribution >= 4 is 5.69 Å². The Kier molecular flexibility index (Phi) is 5.95. The van der Waals surface area contributed by atoms with Gasteiger partial charge in [-0.15, -0.1) is 0 Å². The van der Waals surface area contributed by atoms with Crippen molar-refractivity contribution in [3.05, 3.63) is 60.2 Å². The number of likely N-dealkylation sites (tertiary alicyclic amines) is 1. The average molecular weight is 367 g/mol. The van der Waals surface area contributed by atoms with Gasteiger partial charge in [-0.2, -0.15) is 0 Å². The highest BCUT2D eigenvalue weighted by molar-refractivity contribution is 5.54. The second kappa shape index (κ2) is 8.77. The van der Waals surface area contributed by atoms with Crippen LogP contribution in [0.5, 0.6) is 5.75 Å². The van der Waals surface area contributed by atoms with E-state index in [2.05, 4.69) is 58.3 Å². The molecule has 4 nitrogen and oxygen atoms in total. The molecule has 0 spiro atoms. The smallest absolute Gasteiger partial charge is 0.188 e. The molecule has 2 aromatic rings. The predicted octanol–water partition coefficient (Wildman–Crippen LogP) is 3.96. The lowest BCUT2D eigenvalue weighted by Gasteiger charge is -2.42. The van der Waals surface area contributed by atoms with Gasteiger partial charge in [-0.25, -0.2) is 0 Å². The van der Waals surface area contributed by atoms with Gasteiger partial charge in [-0.3, -0.25) is 4.90 Å². The molecule has 0 aliphatic carbocycles. The summed E-state index contributed by atoms with van der Waals surface area (Å²) in [5, 5.41) is 0. The van der Waals surface area contributed by atoms with Gasteiger partial charge in [0.1, 0.15) is 5.75 Å². The summed E-state index contributed by atoms with van der Waals surface area (Å²) in [5.41, 5.74) is 2.74. The molecule has 0 N–H and O–H groups in total. The molecule has 2 aliphatic rings. The largest absolute Gasteiger partial charge is 0.467 e. The Morgan fingerprint density at radius 3 is 2.48 bits per heavy atom. The molecule has 4 heteroatoms. The molecule has 0 aromatic heterocycles. The first-order valence-electron chi connectivity index (χ1n) is 10.1. The number of rotatable bonds is 8. The van der Waals surface area contributed by atoms with Crippen LogP contribution in [0, 0.1) is 0 Å². The molecule has 0 radical (unpaired) electrons. The van der Waals surface area contributed by atoms with E-state index in [1.54, 1.807) is 7.11 Å². The van der Waals surface area contributed by atoms with Gasteiger partial charge < -0.3 is 14.4 Å². The molecule has 2 heterocycles. The summed E-state index contributed by atoms with van der Waals surface area (Å²) in [6, 6.07) is 20.6. The van der Waals surface area contributed by atoms with Crippen molar-refractivity contribution < 1.29 is 9.47 Å². The minimum Gasteiger partial charge on any atom is -0.467 e.